The van der Waals surface area contributed by atoms with Crippen LogP contribution in [-0.2, 0) is 0 Å². The molecule has 1 aliphatic heterocycles. The Morgan fingerprint density at radius 1 is 1.48 bits per heavy atom. The van der Waals surface area contributed by atoms with Gasteiger partial charge in [0.05, 0.1) is 18.2 Å². The van der Waals surface area contributed by atoms with Crippen molar-refractivity contribution in [2.24, 2.45) is 5.73 Å². The van der Waals surface area contributed by atoms with E-state index in [1.165, 1.54) is 0 Å². The predicted molar refractivity (Wildman–Crippen MR) is 111 cm³/mol. The van der Waals surface area contributed by atoms with Gasteiger partial charge in [-0.1, -0.05) is 0 Å². The highest BCUT2D eigenvalue weighted by molar-refractivity contribution is 7.84. The number of carbonyl (C=O) groups is 1. The topological polar surface area (TPSA) is 80.7 Å². The van der Waals surface area contributed by atoms with Crippen molar-refractivity contribution in [2.75, 3.05) is 26.7 Å². The number of aryl methyl sites for hydroxylation is 1. The molecule has 3 N–H and O–H groups in total. The number of alkyl halides is 2. The molecule has 158 valence electrons. The normalized spacial score (nSPS) is 20.4. The van der Waals surface area contributed by atoms with E-state index >= 15 is 0 Å². The van der Waals surface area contributed by atoms with Crippen LogP contribution in [-0.4, -0.2) is 49.5 Å². The number of nitrogens with two attached hydrogens (primary N) is 1. The standard InChI is InChI=1S/C20H25F2N3O3S/c1-11(23)16(29)9-27-13-4-5-15-14(8-13)18(12(2)28-15)19(26)24-17-6-7-25(3)10-20(17,21)22/h4-5,8,17,29H,6-7,9-10,23H2,1-3H3,(H,24,26)/b16-11-. The third-order valence-electron chi connectivity index (χ3n) is 4.99. The van der Waals surface area contributed by atoms with Crippen LogP contribution in [0.5, 0.6) is 5.75 Å². The Balaban J connectivity index is 1.84. The number of allylic oxidation sites excluding steroid dienone is 1. The van der Waals surface area contributed by atoms with Gasteiger partial charge in [0.25, 0.3) is 11.8 Å². The molecule has 2 heterocycles. The molecule has 1 unspecified atom stereocenters. The van der Waals surface area contributed by atoms with Crippen LogP contribution in [0.3, 0.4) is 0 Å². The summed E-state index contributed by atoms with van der Waals surface area (Å²) in [4.78, 5) is 15.0. The van der Waals surface area contributed by atoms with E-state index in [0.29, 0.717) is 39.6 Å². The zero-order valence-electron chi connectivity index (χ0n) is 16.6. The van der Waals surface area contributed by atoms with Crippen LogP contribution in [0.2, 0.25) is 0 Å². The molecule has 0 radical (unpaired) electrons. The maximum atomic E-state index is 14.3. The fourth-order valence-electron chi connectivity index (χ4n) is 3.35. The summed E-state index contributed by atoms with van der Waals surface area (Å²) in [6.45, 7) is 3.63. The highest BCUT2D eigenvalue weighted by atomic mass is 32.1. The van der Waals surface area contributed by atoms with Gasteiger partial charge in [-0.2, -0.15) is 0 Å². The second-order valence-electron chi connectivity index (χ2n) is 7.42. The van der Waals surface area contributed by atoms with Crippen LogP contribution in [0, 0.1) is 6.92 Å². The predicted octanol–water partition coefficient (Wildman–Crippen LogP) is 3.31. The summed E-state index contributed by atoms with van der Waals surface area (Å²) < 4.78 is 39.9. The van der Waals surface area contributed by atoms with Crippen molar-refractivity contribution in [2.45, 2.75) is 32.2 Å². The van der Waals surface area contributed by atoms with Gasteiger partial charge in [0.2, 0.25) is 0 Å². The molecule has 0 saturated carbocycles. The first kappa shape index (κ1) is 21.4. The molecule has 0 spiro atoms. The Morgan fingerprint density at radius 2 is 2.21 bits per heavy atom. The third-order valence-corrected chi connectivity index (χ3v) is 5.47. The first-order chi connectivity index (χ1) is 13.6. The van der Waals surface area contributed by atoms with Gasteiger partial charge in [0.15, 0.2) is 0 Å². The minimum Gasteiger partial charge on any atom is -0.488 e. The molecule has 1 atom stereocenters. The molecule has 29 heavy (non-hydrogen) atoms. The number of carbonyl (C=O) groups excluding carboxylic acids is 1. The van der Waals surface area contributed by atoms with Gasteiger partial charge >= 0.3 is 0 Å². The van der Waals surface area contributed by atoms with E-state index in [1.54, 1.807) is 44.0 Å². The number of ether oxygens (including phenoxy) is 1. The molecule has 1 amide bonds. The highest BCUT2D eigenvalue weighted by Crippen LogP contribution is 2.31. The summed E-state index contributed by atoms with van der Waals surface area (Å²) >= 11 is 4.25. The highest BCUT2D eigenvalue weighted by Gasteiger charge is 2.44. The molecule has 6 nitrogen and oxygen atoms in total. The minimum absolute atomic E-state index is 0.175. The van der Waals surface area contributed by atoms with Gasteiger partial charge in [0.1, 0.15) is 23.7 Å². The quantitative estimate of drug-likeness (QED) is 0.641. The van der Waals surface area contributed by atoms with E-state index in [2.05, 4.69) is 17.9 Å². The molecule has 3 rings (SSSR count). The molecule has 0 bridgehead atoms. The molecule has 2 aromatic rings. The summed E-state index contributed by atoms with van der Waals surface area (Å²) in [6.07, 6.45) is 0.175. The average Bonchev–Trinajstić information content (AvgIpc) is 2.96. The molecule has 0 aliphatic carbocycles. The molecular formula is C20H25F2N3O3S. The smallest absolute Gasteiger partial charge is 0.280 e. The van der Waals surface area contributed by atoms with Crippen LogP contribution in [0.25, 0.3) is 11.0 Å². The Bertz CT molecular complexity index is 954. The number of nitrogens with zero attached hydrogens (tertiary/aromatic N) is 1. The van der Waals surface area contributed by atoms with Crippen LogP contribution in [0.15, 0.2) is 33.2 Å². The maximum Gasteiger partial charge on any atom is 0.280 e. The van der Waals surface area contributed by atoms with E-state index in [1.807, 2.05) is 0 Å². The molecular weight excluding hydrogens is 400 g/mol. The lowest BCUT2D eigenvalue weighted by atomic mass is 10.00. The first-order valence-corrected chi connectivity index (χ1v) is 9.70. The van der Waals surface area contributed by atoms with Crippen molar-refractivity contribution >= 4 is 29.5 Å². The van der Waals surface area contributed by atoms with Crippen molar-refractivity contribution in [1.29, 1.82) is 0 Å². The van der Waals surface area contributed by atoms with E-state index in [4.69, 9.17) is 14.9 Å². The van der Waals surface area contributed by atoms with E-state index in [-0.39, 0.29) is 25.1 Å². The molecule has 1 aliphatic rings. The largest absolute Gasteiger partial charge is 0.488 e. The lowest BCUT2D eigenvalue weighted by molar-refractivity contribution is -0.0816. The van der Waals surface area contributed by atoms with Gasteiger partial charge in [-0.15, -0.1) is 12.6 Å². The number of piperidine rings is 1. The summed E-state index contributed by atoms with van der Waals surface area (Å²) in [6, 6.07) is 3.81. The SMILES string of the molecule is C/C(N)=C(/S)COc1ccc2oc(C)c(C(=O)NC3CCN(C)CC3(F)F)c2c1. The van der Waals surface area contributed by atoms with Crippen molar-refractivity contribution < 1.29 is 22.7 Å². The summed E-state index contributed by atoms with van der Waals surface area (Å²) in [7, 11) is 1.64. The zero-order chi connectivity index (χ0) is 21.3. The van der Waals surface area contributed by atoms with Crippen LogP contribution in [0.1, 0.15) is 29.5 Å². The van der Waals surface area contributed by atoms with E-state index in [9.17, 15) is 13.6 Å². The molecule has 1 aromatic heterocycles. The lowest BCUT2D eigenvalue weighted by Gasteiger charge is -2.36. The van der Waals surface area contributed by atoms with E-state index in [0.717, 1.165) is 0 Å². The number of thiol groups is 1. The molecule has 1 saturated heterocycles. The summed E-state index contributed by atoms with van der Waals surface area (Å²) in [5.74, 6) is -2.73. The summed E-state index contributed by atoms with van der Waals surface area (Å²) in [5.41, 5.74) is 6.93. The van der Waals surface area contributed by atoms with Gasteiger partial charge in [-0.05, 0) is 45.5 Å². The zero-order valence-corrected chi connectivity index (χ0v) is 17.5. The monoisotopic (exact) mass is 425 g/mol. The number of rotatable bonds is 5. The Morgan fingerprint density at radius 3 is 2.86 bits per heavy atom. The van der Waals surface area contributed by atoms with Gasteiger partial charge in [0, 0.05) is 22.5 Å². The number of furan rings is 1. The number of fused-ring (bicyclic) bond motifs is 1. The van der Waals surface area contributed by atoms with Gasteiger partial charge in [-0.3, -0.25) is 4.79 Å². The van der Waals surface area contributed by atoms with Crippen molar-refractivity contribution in [3.63, 3.8) is 0 Å². The number of hydrogen-bond acceptors (Lipinski definition) is 6. The van der Waals surface area contributed by atoms with Gasteiger partial charge < -0.3 is 25.1 Å². The third kappa shape index (κ3) is 4.67. The van der Waals surface area contributed by atoms with Crippen LogP contribution < -0.4 is 15.8 Å². The summed E-state index contributed by atoms with van der Waals surface area (Å²) in [5, 5.41) is 3.00. The number of likely N-dealkylation sites (tertiary alicyclic amines) is 1. The van der Waals surface area contributed by atoms with Crippen molar-refractivity contribution in [3.8, 4) is 5.75 Å². The first-order valence-electron chi connectivity index (χ1n) is 9.26. The molecule has 1 fully saturated rings. The Labute approximate surface area is 173 Å². The van der Waals surface area contributed by atoms with Crippen molar-refractivity contribution in [3.05, 3.63) is 40.1 Å². The Kier molecular flexibility index (Phi) is 6.09. The molecule has 9 heteroatoms. The fourth-order valence-corrected chi connectivity index (χ4v) is 3.42. The number of hydrogen-bond donors (Lipinski definition) is 3. The average molecular weight is 426 g/mol. The fraction of sp³-hybridized carbons (Fsp3) is 0.450. The van der Waals surface area contributed by atoms with Crippen molar-refractivity contribution in [1.82, 2.24) is 10.2 Å². The van der Waals surface area contributed by atoms with Gasteiger partial charge in [-0.25, -0.2) is 8.78 Å². The van der Waals surface area contributed by atoms with Crippen LogP contribution in [0.4, 0.5) is 8.78 Å². The lowest BCUT2D eigenvalue weighted by Crippen LogP contribution is -2.57. The molecule has 1 aromatic carbocycles. The second-order valence-corrected chi connectivity index (χ2v) is 7.96. The number of halogens is 2. The maximum absolute atomic E-state index is 14.3. The minimum atomic E-state index is -3.00. The number of amides is 1. The number of benzene rings is 1. The second kappa shape index (κ2) is 8.23. The van der Waals surface area contributed by atoms with Crippen LogP contribution >= 0.6 is 12.6 Å². The van der Waals surface area contributed by atoms with E-state index < -0.39 is 17.9 Å². The number of nitrogens with one attached hydrogen (secondary N) is 1. The Hall–Kier alpha value is -2.26.